The molecule has 0 bridgehead atoms. The second-order valence-corrected chi connectivity index (χ2v) is 7.21. The summed E-state index contributed by atoms with van der Waals surface area (Å²) in [6, 6.07) is 16.9. The molecule has 154 valence electrons. The van der Waals surface area contributed by atoms with Gasteiger partial charge in [0.15, 0.2) is 11.5 Å². The molecule has 1 aliphatic heterocycles. The Balaban J connectivity index is 1.44. The normalized spacial score (nSPS) is 14.8. The zero-order valence-electron chi connectivity index (χ0n) is 17.1. The Bertz CT molecular complexity index is 1120. The maximum absolute atomic E-state index is 12.7. The lowest BCUT2D eigenvalue weighted by molar-refractivity contribution is -0.131. The lowest BCUT2D eigenvalue weighted by atomic mass is 10.2. The third-order valence-corrected chi connectivity index (χ3v) is 5.13. The number of nitrogens with one attached hydrogen (secondary N) is 2. The van der Waals surface area contributed by atoms with Crippen LogP contribution in [0, 0.1) is 20.8 Å². The smallest absolute Gasteiger partial charge is 0.283 e. The quantitative estimate of drug-likeness (QED) is 0.657. The van der Waals surface area contributed by atoms with Gasteiger partial charge in [0, 0.05) is 17.1 Å². The van der Waals surface area contributed by atoms with Crippen molar-refractivity contribution in [2.75, 3.05) is 6.61 Å². The number of hydrogen-bond acceptors (Lipinski definition) is 4. The summed E-state index contributed by atoms with van der Waals surface area (Å²) < 4.78 is 13.2. The molecule has 0 saturated carbocycles. The van der Waals surface area contributed by atoms with Crippen molar-refractivity contribution in [3.05, 3.63) is 77.1 Å². The van der Waals surface area contributed by atoms with Crippen LogP contribution in [0.4, 0.5) is 0 Å². The third kappa shape index (κ3) is 3.61. The van der Waals surface area contributed by atoms with E-state index in [2.05, 4.69) is 10.9 Å². The van der Waals surface area contributed by atoms with E-state index < -0.39 is 17.9 Å². The lowest BCUT2D eigenvalue weighted by Crippen LogP contribution is -2.50. The van der Waals surface area contributed by atoms with Crippen LogP contribution in [0.15, 0.2) is 54.6 Å². The van der Waals surface area contributed by atoms with E-state index >= 15 is 0 Å². The predicted octanol–water partition coefficient (Wildman–Crippen LogP) is 3.00. The van der Waals surface area contributed by atoms with Crippen molar-refractivity contribution in [2.24, 2.45) is 0 Å². The highest BCUT2D eigenvalue weighted by atomic mass is 16.6. The standard InChI is InChI=1S/C23H23N3O4/c1-14-8-4-5-9-18(14)26-15(2)12-17(16(26)3)22(27)24-25-23(28)21-13-29-19-10-6-7-11-20(19)30-21/h4-12,21H,13H2,1-3H3,(H,24,27)(H,25,28). The number of hydrogen-bond donors (Lipinski definition) is 2. The average molecular weight is 405 g/mol. The molecule has 7 nitrogen and oxygen atoms in total. The summed E-state index contributed by atoms with van der Waals surface area (Å²) in [4.78, 5) is 25.2. The number of rotatable bonds is 3. The Kier molecular flexibility index (Phi) is 5.18. The van der Waals surface area contributed by atoms with Crippen LogP contribution in [0.5, 0.6) is 11.5 Å². The fourth-order valence-corrected chi connectivity index (χ4v) is 3.59. The Labute approximate surface area is 174 Å². The molecule has 1 aromatic heterocycles. The number of aromatic nitrogens is 1. The minimum atomic E-state index is -0.848. The predicted molar refractivity (Wildman–Crippen MR) is 112 cm³/mol. The van der Waals surface area contributed by atoms with Gasteiger partial charge in [-0.1, -0.05) is 30.3 Å². The third-order valence-electron chi connectivity index (χ3n) is 5.13. The molecule has 1 unspecified atom stereocenters. The van der Waals surface area contributed by atoms with Gasteiger partial charge < -0.3 is 14.0 Å². The van der Waals surface area contributed by atoms with E-state index in [-0.39, 0.29) is 6.61 Å². The Morgan fingerprint density at radius 2 is 1.67 bits per heavy atom. The van der Waals surface area contributed by atoms with Gasteiger partial charge in [-0.15, -0.1) is 0 Å². The van der Waals surface area contributed by atoms with Gasteiger partial charge in [0.25, 0.3) is 11.8 Å². The van der Waals surface area contributed by atoms with Crippen molar-refractivity contribution < 1.29 is 19.1 Å². The van der Waals surface area contributed by atoms with Gasteiger partial charge >= 0.3 is 0 Å². The van der Waals surface area contributed by atoms with Crippen LogP contribution in [0.25, 0.3) is 5.69 Å². The molecule has 0 fully saturated rings. The second kappa shape index (κ2) is 7.94. The Morgan fingerprint density at radius 3 is 2.43 bits per heavy atom. The minimum Gasteiger partial charge on any atom is -0.485 e. The zero-order valence-corrected chi connectivity index (χ0v) is 17.1. The number of para-hydroxylation sites is 3. The molecular weight excluding hydrogens is 382 g/mol. The first kappa shape index (κ1) is 19.6. The highest BCUT2D eigenvalue weighted by Gasteiger charge is 2.28. The van der Waals surface area contributed by atoms with Crippen LogP contribution in [0.2, 0.25) is 0 Å². The molecule has 2 aromatic carbocycles. The van der Waals surface area contributed by atoms with Crippen molar-refractivity contribution >= 4 is 11.8 Å². The van der Waals surface area contributed by atoms with Gasteiger partial charge in [0.05, 0.1) is 5.56 Å². The van der Waals surface area contributed by atoms with Crippen molar-refractivity contribution in [1.82, 2.24) is 15.4 Å². The van der Waals surface area contributed by atoms with Crippen LogP contribution in [-0.2, 0) is 4.79 Å². The van der Waals surface area contributed by atoms with Gasteiger partial charge in [-0.3, -0.25) is 20.4 Å². The van der Waals surface area contributed by atoms with Crippen LogP contribution < -0.4 is 20.3 Å². The lowest BCUT2D eigenvalue weighted by Gasteiger charge is -2.25. The Morgan fingerprint density at radius 1 is 0.967 bits per heavy atom. The van der Waals surface area contributed by atoms with Gasteiger partial charge in [0.1, 0.15) is 6.61 Å². The minimum absolute atomic E-state index is 0.0700. The van der Waals surface area contributed by atoms with Gasteiger partial charge in [-0.2, -0.15) is 0 Å². The maximum atomic E-state index is 12.7. The molecule has 4 rings (SSSR count). The van der Waals surface area contributed by atoms with E-state index in [0.29, 0.717) is 17.1 Å². The van der Waals surface area contributed by atoms with Crippen molar-refractivity contribution in [3.8, 4) is 17.2 Å². The largest absolute Gasteiger partial charge is 0.485 e. The molecule has 0 aliphatic carbocycles. The van der Waals surface area contributed by atoms with Crippen molar-refractivity contribution in [3.63, 3.8) is 0 Å². The molecule has 2 heterocycles. The first-order valence-electron chi connectivity index (χ1n) is 9.69. The number of hydrazine groups is 1. The van der Waals surface area contributed by atoms with E-state index in [0.717, 1.165) is 22.6 Å². The summed E-state index contributed by atoms with van der Waals surface area (Å²) in [7, 11) is 0. The number of fused-ring (bicyclic) bond motifs is 1. The van der Waals surface area contributed by atoms with E-state index in [1.165, 1.54) is 0 Å². The van der Waals surface area contributed by atoms with E-state index in [1.807, 2.05) is 55.7 Å². The fraction of sp³-hybridized carbons (Fsp3) is 0.217. The van der Waals surface area contributed by atoms with Crippen LogP contribution >= 0.6 is 0 Å². The number of ether oxygens (including phenoxy) is 2. The molecule has 30 heavy (non-hydrogen) atoms. The topological polar surface area (TPSA) is 81.6 Å². The molecule has 0 spiro atoms. The summed E-state index contributed by atoms with van der Waals surface area (Å²) >= 11 is 0. The van der Waals surface area contributed by atoms with E-state index in [4.69, 9.17) is 9.47 Å². The van der Waals surface area contributed by atoms with Crippen molar-refractivity contribution in [1.29, 1.82) is 0 Å². The number of nitrogens with zero attached hydrogens (tertiary/aromatic N) is 1. The first-order chi connectivity index (χ1) is 14.5. The molecule has 2 N–H and O–H groups in total. The number of benzene rings is 2. The monoisotopic (exact) mass is 405 g/mol. The van der Waals surface area contributed by atoms with Gasteiger partial charge in [0.2, 0.25) is 6.10 Å². The highest BCUT2D eigenvalue weighted by molar-refractivity contribution is 5.97. The van der Waals surface area contributed by atoms with E-state index in [1.54, 1.807) is 24.3 Å². The maximum Gasteiger partial charge on any atom is 0.283 e. The van der Waals surface area contributed by atoms with Gasteiger partial charge in [-0.25, -0.2) is 0 Å². The van der Waals surface area contributed by atoms with Crippen LogP contribution in [0.3, 0.4) is 0 Å². The molecule has 0 radical (unpaired) electrons. The van der Waals surface area contributed by atoms with Crippen LogP contribution in [-0.4, -0.2) is 29.1 Å². The molecule has 1 atom stereocenters. The summed E-state index contributed by atoms with van der Waals surface area (Å²) in [5.41, 5.74) is 9.25. The molecular formula is C23H23N3O4. The summed E-state index contributed by atoms with van der Waals surface area (Å²) in [6.07, 6.45) is -0.848. The number of carbonyl (C=O) groups is 2. The Hall–Kier alpha value is -3.74. The summed E-state index contributed by atoms with van der Waals surface area (Å²) in [5.74, 6) is 0.213. The van der Waals surface area contributed by atoms with E-state index in [9.17, 15) is 9.59 Å². The molecule has 1 aliphatic rings. The summed E-state index contributed by atoms with van der Waals surface area (Å²) in [5, 5.41) is 0. The number of amides is 2. The molecule has 7 heteroatoms. The molecule has 2 amide bonds. The molecule has 3 aromatic rings. The second-order valence-electron chi connectivity index (χ2n) is 7.21. The molecule has 0 saturated heterocycles. The highest BCUT2D eigenvalue weighted by Crippen LogP contribution is 2.30. The van der Waals surface area contributed by atoms with Gasteiger partial charge in [-0.05, 0) is 50.6 Å². The first-order valence-corrected chi connectivity index (χ1v) is 9.69. The summed E-state index contributed by atoms with van der Waals surface area (Å²) in [6.45, 7) is 5.92. The number of carbonyl (C=O) groups excluding carboxylic acids is 2. The fourth-order valence-electron chi connectivity index (χ4n) is 3.59. The zero-order chi connectivity index (χ0) is 21.3. The SMILES string of the molecule is Cc1ccccc1-n1c(C)cc(C(=O)NNC(=O)C2COc3ccccc3O2)c1C. The average Bonchev–Trinajstić information content (AvgIpc) is 3.05. The number of aryl methyl sites for hydroxylation is 2. The van der Waals surface area contributed by atoms with Crippen LogP contribution in [0.1, 0.15) is 27.3 Å². The van der Waals surface area contributed by atoms with Crippen molar-refractivity contribution in [2.45, 2.75) is 26.9 Å².